The summed E-state index contributed by atoms with van der Waals surface area (Å²) in [6.07, 6.45) is 0. The highest BCUT2D eigenvalue weighted by molar-refractivity contribution is 6.23. The average molecular weight is 882 g/mol. The lowest BCUT2D eigenvalue weighted by Gasteiger charge is -2.45. The van der Waals surface area contributed by atoms with Crippen LogP contribution in [0.3, 0.4) is 0 Å². The zero-order valence-corrected chi connectivity index (χ0v) is 37.6. The molecule has 1 spiro atoms. The van der Waals surface area contributed by atoms with E-state index in [1.807, 2.05) is 0 Å². The number of fused-ring (bicyclic) bond motifs is 14. The molecule has 4 heteroatoms. The Labute approximate surface area is 400 Å². The number of benzene rings is 11. The van der Waals surface area contributed by atoms with Crippen LogP contribution < -0.4 is 14.7 Å². The second-order valence-electron chi connectivity index (χ2n) is 18.0. The molecule has 0 saturated carbocycles. The summed E-state index contributed by atoms with van der Waals surface area (Å²) in [7, 11) is 0. The van der Waals surface area contributed by atoms with Crippen molar-refractivity contribution in [3.8, 4) is 11.1 Å². The summed E-state index contributed by atoms with van der Waals surface area (Å²) in [5.74, 6) is 0. The van der Waals surface area contributed by atoms with Crippen LogP contribution in [0.15, 0.2) is 265 Å². The van der Waals surface area contributed by atoms with Crippen LogP contribution >= 0.6 is 0 Å². The normalized spacial score (nSPS) is 13.0. The number of nitrogens with zero attached hydrogens (tertiary/aromatic N) is 3. The topological polar surface area (TPSA) is 22.9 Å². The van der Waals surface area contributed by atoms with Crippen molar-refractivity contribution < 1.29 is 4.42 Å². The predicted molar refractivity (Wildman–Crippen MR) is 286 cm³/mol. The number of hydrogen-bond donors (Lipinski definition) is 0. The van der Waals surface area contributed by atoms with E-state index in [0.29, 0.717) is 0 Å². The highest BCUT2D eigenvalue weighted by atomic mass is 16.3. The molecule has 1 aromatic heterocycles. The van der Waals surface area contributed by atoms with Crippen LogP contribution in [0.1, 0.15) is 22.3 Å². The largest absolute Gasteiger partial charge is 0.454 e. The molecule has 0 unspecified atom stereocenters. The lowest BCUT2D eigenvalue weighted by atomic mass is 9.64. The van der Waals surface area contributed by atoms with Gasteiger partial charge in [-0.1, -0.05) is 170 Å². The van der Waals surface area contributed by atoms with Crippen molar-refractivity contribution in [2.24, 2.45) is 0 Å². The molecular weight excluding hydrogens is 839 g/mol. The number of para-hydroxylation sites is 6. The number of hydrogen-bond acceptors (Lipinski definition) is 4. The summed E-state index contributed by atoms with van der Waals surface area (Å²) < 4.78 is 7.12. The summed E-state index contributed by atoms with van der Waals surface area (Å²) >= 11 is 0. The van der Waals surface area contributed by atoms with E-state index in [-0.39, 0.29) is 0 Å². The van der Waals surface area contributed by atoms with Gasteiger partial charge in [-0.15, -0.1) is 0 Å². The van der Waals surface area contributed by atoms with Crippen molar-refractivity contribution in [2.45, 2.75) is 5.41 Å². The third-order valence-electron chi connectivity index (χ3n) is 14.4. The minimum absolute atomic E-state index is 0.546. The van der Waals surface area contributed by atoms with Gasteiger partial charge in [-0.2, -0.15) is 0 Å². The summed E-state index contributed by atoms with van der Waals surface area (Å²) in [4.78, 5) is 7.18. The van der Waals surface area contributed by atoms with E-state index in [2.05, 4.69) is 276 Å². The summed E-state index contributed by atoms with van der Waals surface area (Å²) in [5.41, 5.74) is 18.5. The Morgan fingerprint density at radius 2 is 0.841 bits per heavy atom. The van der Waals surface area contributed by atoms with Crippen LogP contribution in [0.4, 0.5) is 51.2 Å². The van der Waals surface area contributed by atoms with Gasteiger partial charge in [0.25, 0.3) is 0 Å². The molecule has 12 aromatic rings. The lowest BCUT2D eigenvalue weighted by Crippen LogP contribution is -2.36. The monoisotopic (exact) mass is 881 g/mol. The molecule has 4 nitrogen and oxygen atoms in total. The Balaban J connectivity index is 1.01. The Hall–Kier alpha value is -9.12. The van der Waals surface area contributed by atoms with Crippen LogP contribution in [-0.4, -0.2) is 0 Å². The Kier molecular flexibility index (Phi) is 8.77. The van der Waals surface area contributed by atoms with E-state index in [4.69, 9.17) is 4.42 Å². The van der Waals surface area contributed by atoms with Crippen LogP contribution in [0.5, 0.6) is 0 Å². The molecule has 11 aromatic carbocycles. The third-order valence-corrected chi connectivity index (χ3v) is 14.4. The van der Waals surface area contributed by atoms with E-state index in [0.717, 1.165) is 83.9 Å². The molecule has 0 bridgehead atoms. The maximum atomic E-state index is 7.12. The fourth-order valence-electron chi connectivity index (χ4n) is 11.7. The molecule has 0 radical (unpaired) electrons. The van der Waals surface area contributed by atoms with Gasteiger partial charge >= 0.3 is 0 Å². The van der Waals surface area contributed by atoms with Crippen LogP contribution in [0.2, 0.25) is 0 Å². The zero-order valence-electron chi connectivity index (χ0n) is 37.6. The first-order valence-corrected chi connectivity index (χ1v) is 23.7. The summed E-state index contributed by atoms with van der Waals surface area (Å²) in [6, 6.07) is 94.5. The number of furan rings is 1. The average Bonchev–Trinajstić information content (AvgIpc) is 3.95. The number of rotatable bonds is 7. The van der Waals surface area contributed by atoms with Gasteiger partial charge < -0.3 is 19.1 Å². The SMILES string of the molecule is c1ccc(N2c3ccccc3C3(c4ccccc4-c4ccccc43)c3ccc(N(c4ccccc4)c4cccc5c4oc4ccc6c(N(c7ccccc7)c7ccccc7)cccc6c45)cc32)cc1. The molecule has 69 heavy (non-hydrogen) atoms. The molecule has 0 saturated heterocycles. The maximum absolute atomic E-state index is 7.12. The molecule has 1 aliphatic heterocycles. The van der Waals surface area contributed by atoms with Gasteiger partial charge in [0.05, 0.1) is 28.2 Å². The smallest absolute Gasteiger partial charge is 0.159 e. The summed E-state index contributed by atoms with van der Waals surface area (Å²) in [5, 5.41) is 4.44. The first kappa shape index (κ1) is 39.1. The van der Waals surface area contributed by atoms with Crippen molar-refractivity contribution in [3.05, 3.63) is 283 Å². The molecule has 0 amide bonds. The Bertz CT molecular complexity index is 3840. The third kappa shape index (κ3) is 5.76. The van der Waals surface area contributed by atoms with Crippen molar-refractivity contribution in [2.75, 3.05) is 14.7 Å². The van der Waals surface area contributed by atoms with E-state index in [1.54, 1.807) is 0 Å². The number of anilines is 9. The van der Waals surface area contributed by atoms with Gasteiger partial charge in [0, 0.05) is 44.6 Å². The van der Waals surface area contributed by atoms with E-state index < -0.39 is 5.41 Å². The molecule has 1 aliphatic carbocycles. The highest BCUT2D eigenvalue weighted by Crippen LogP contribution is 2.64. The molecule has 0 N–H and O–H groups in total. The van der Waals surface area contributed by atoms with Gasteiger partial charge in [0.15, 0.2) is 5.58 Å². The standard InChI is InChI=1S/C65H43N3O/c1-5-21-44(22-6-1)66(45-23-7-2-8-24-45)58-37-19-31-52-51(58)40-42-62-63(52)53-32-20-38-60(64(53)69-62)67(46-25-9-3-10-26-46)48-39-41-57-61(43-48)68(47-27-11-4-12-28-47)59-36-18-17-35-56(59)65(57)54-33-15-13-29-49(54)50-30-14-16-34-55(50)65/h1-43H. The van der Waals surface area contributed by atoms with Crippen molar-refractivity contribution >= 4 is 83.9 Å². The molecule has 14 rings (SSSR count). The zero-order chi connectivity index (χ0) is 45.5. The van der Waals surface area contributed by atoms with Gasteiger partial charge in [0.2, 0.25) is 0 Å². The highest BCUT2D eigenvalue weighted by Gasteiger charge is 2.51. The van der Waals surface area contributed by atoms with E-state index in [9.17, 15) is 0 Å². The first-order valence-electron chi connectivity index (χ1n) is 23.7. The molecule has 2 heterocycles. The molecule has 0 atom stereocenters. The van der Waals surface area contributed by atoms with E-state index in [1.165, 1.54) is 33.4 Å². The van der Waals surface area contributed by atoms with Crippen LogP contribution in [-0.2, 0) is 5.41 Å². The second-order valence-corrected chi connectivity index (χ2v) is 18.0. The van der Waals surface area contributed by atoms with Crippen molar-refractivity contribution in [1.82, 2.24) is 0 Å². The second kappa shape index (κ2) is 15.5. The fraction of sp³-hybridized carbons (Fsp3) is 0.0154. The van der Waals surface area contributed by atoms with Crippen molar-refractivity contribution in [1.29, 1.82) is 0 Å². The maximum Gasteiger partial charge on any atom is 0.159 e. The molecule has 2 aliphatic rings. The minimum atomic E-state index is -0.546. The molecular formula is C65H43N3O. The van der Waals surface area contributed by atoms with Crippen LogP contribution in [0, 0.1) is 0 Å². The Morgan fingerprint density at radius 1 is 0.333 bits per heavy atom. The lowest BCUT2D eigenvalue weighted by molar-refractivity contribution is 0.669. The van der Waals surface area contributed by atoms with Gasteiger partial charge in [0.1, 0.15) is 5.58 Å². The van der Waals surface area contributed by atoms with Crippen molar-refractivity contribution in [3.63, 3.8) is 0 Å². The first-order chi connectivity index (χ1) is 34.3. The molecule has 0 fully saturated rings. The van der Waals surface area contributed by atoms with Gasteiger partial charge in [-0.05, 0) is 130 Å². The quantitative estimate of drug-likeness (QED) is 0.159. The minimum Gasteiger partial charge on any atom is -0.454 e. The van der Waals surface area contributed by atoms with Gasteiger partial charge in [-0.25, -0.2) is 0 Å². The van der Waals surface area contributed by atoms with Gasteiger partial charge in [-0.3, -0.25) is 0 Å². The molecule has 324 valence electrons. The Morgan fingerprint density at radius 3 is 1.48 bits per heavy atom. The fourth-order valence-corrected chi connectivity index (χ4v) is 11.7. The van der Waals surface area contributed by atoms with Crippen LogP contribution in [0.25, 0.3) is 43.8 Å². The predicted octanol–water partition coefficient (Wildman–Crippen LogP) is 17.8. The van der Waals surface area contributed by atoms with E-state index >= 15 is 0 Å². The summed E-state index contributed by atoms with van der Waals surface area (Å²) in [6.45, 7) is 0.